The van der Waals surface area contributed by atoms with E-state index in [1.54, 1.807) is 0 Å². The van der Waals surface area contributed by atoms with Crippen LogP contribution in [0.3, 0.4) is 0 Å². The standard InChI is InChI=1S/C13H15FINO3/c1-8(2)6-16(7-12(17)18)13(19)10-4-3-9(14)5-11(10)15/h3-5,8H,6-7H2,1-2H3,(H,17,18). The van der Waals surface area contributed by atoms with Crippen LogP contribution >= 0.6 is 22.6 Å². The van der Waals surface area contributed by atoms with E-state index in [1.807, 2.05) is 36.4 Å². The average molecular weight is 379 g/mol. The molecule has 1 N–H and O–H groups in total. The second-order valence-corrected chi connectivity index (χ2v) is 5.76. The third kappa shape index (κ3) is 4.77. The second kappa shape index (κ2) is 6.83. The van der Waals surface area contributed by atoms with Gasteiger partial charge in [0.2, 0.25) is 0 Å². The van der Waals surface area contributed by atoms with Crippen LogP contribution in [0.5, 0.6) is 0 Å². The Balaban J connectivity index is 3.00. The molecule has 1 aromatic rings. The van der Waals surface area contributed by atoms with Gasteiger partial charge in [-0.3, -0.25) is 9.59 Å². The molecule has 6 heteroatoms. The van der Waals surface area contributed by atoms with E-state index in [2.05, 4.69) is 0 Å². The minimum atomic E-state index is -1.06. The number of aliphatic carboxylic acids is 1. The fraction of sp³-hybridized carbons (Fsp3) is 0.385. The number of carboxylic acid groups (broad SMARTS) is 1. The van der Waals surface area contributed by atoms with Crippen LogP contribution in [0.2, 0.25) is 0 Å². The van der Waals surface area contributed by atoms with Crippen molar-refractivity contribution >= 4 is 34.5 Å². The molecule has 0 heterocycles. The van der Waals surface area contributed by atoms with E-state index >= 15 is 0 Å². The van der Waals surface area contributed by atoms with Crippen molar-refractivity contribution in [2.45, 2.75) is 13.8 Å². The molecule has 1 amide bonds. The van der Waals surface area contributed by atoms with Gasteiger partial charge in [-0.05, 0) is 46.7 Å². The molecule has 0 aromatic heterocycles. The number of hydrogen-bond acceptors (Lipinski definition) is 2. The van der Waals surface area contributed by atoms with Crippen molar-refractivity contribution in [2.75, 3.05) is 13.1 Å². The highest BCUT2D eigenvalue weighted by Crippen LogP contribution is 2.16. The molecule has 1 rings (SSSR count). The first-order chi connectivity index (χ1) is 8.81. The number of carbonyl (C=O) groups is 2. The predicted octanol–water partition coefficient (Wildman–Crippen LogP) is 2.61. The zero-order chi connectivity index (χ0) is 14.6. The molecule has 19 heavy (non-hydrogen) atoms. The van der Waals surface area contributed by atoms with Crippen LogP contribution in [0.15, 0.2) is 18.2 Å². The molecule has 0 fully saturated rings. The van der Waals surface area contributed by atoms with Gasteiger partial charge in [-0.1, -0.05) is 13.8 Å². The molecule has 0 atom stereocenters. The van der Waals surface area contributed by atoms with Gasteiger partial charge in [-0.2, -0.15) is 0 Å². The highest BCUT2D eigenvalue weighted by molar-refractivity contribution is 14.1. The summed E-state index contributed by atoms with van der Waals surface area (Å²) in [6.07, 6.45) is 0. The first-order valence-corrected chi connectivity index (χ1v) is 6.85. The summed E-state index contributed by atoms with van der Waals surface area (Å²) in [5.41, 5.74) is 0.323. The molecule has 0 bridgehead atoms. The Kier molecular flexibility index (Phi) is 5.71. The number of hydrogen-bond donors (Lipinski definition) is 1. The van der Waals surface area contributed by atoms with Crippen LogP contribution in [-0.4, -0.2) is 35.0 Å². The van der Waals surface area contributed by atoms with Crippen LogP contribution in [-0.2, 0) is 4.79 Å². The lowest BCUT2D eigenvalue weighted by Crippen LogP contribution is -2.38. The van der Waals surface area contributed by atoms with Crippen molar-refractivity contribution in [2.24, 2.45) is 5.92 Å². The summed E-state index contributed by atoms with van der Waals surface area (Å²) in [4.78, 5) is 24.4. The molecule has 0 spiro atoms. The van der Waals surface area contributed by atoms with Gasteiger partial charge in [0.1, 0.15) is 12.4 Å². The molecule has 4 nitrogen and oxygen atoms in total. The maximum Gasteiger partial charge on any atom is 0.323 e. The van der Waals surface area contributed by atoms with E-state index in [1.165, 1.54) is 23.1 Å². The molecule has 0 unspecified atom stereocenters. The molecule has 1 aromatic carbocycles. The lowest BCUT2D eigenvalue weighted by molar-refractivity contribution is -0.137. The summed E-state index contributed by atoms with van der Waals surface area (Å²) in [5, 5.41) is 8.85. The molecule has 104 valence electrons. The van der Waals surface area contributed by atoms with E-state index in [4.69, 9.17) is 5.11 Å². The van der Waals surface area contributed by atoms with Crippen molar-refractivity contribution in [3.63, 3.8) is 0 Å². The van der Waals surface area contributed by atoms with E-state index in [0.717, 1.165) is 0 Å². The number of nitrogens with zero attached hydrogens (tertiary/aromatic N) is 1. The predicted molar refractivity (Wildman–Crippen MR) is 77.5 cm³/mol. The van der Waals surface area contributed by atoms with Gasteiger partial charge in [0.25, 0.3) is 5.91 Å². The van der Waals surface area contributed by atoms with Crippen molar-refractivity contribution in [1.29, 1.82) is 0 Å². The number of rotatable bonds is 5. The molecule has 0 aliphatic heterocycles. The van der Waals surface area contributed by atoms with E-state index in [0.29, 0.717) is 15.7 Å². The Labute approximate surface area is 124 Å². The molecule has 0 aliphatic carbocycles. The van der Waals surface area contributed by atoms with Crippen molar-refractivity contribution in [1.82, 2.24) is 4.90 Å². The topological polar surface area (TPSA) is 57.6 Å². The molecule has 0 radical (unpaired) electrons. The Morgan fingerprint density at radius 1 is 1.42 bits per heavy atom. The number of halogens is 2. The Morgan fingerprint density at radius 3 is 2.53 bits per heavy atom. The number of carbonyl (C=O) groups excluding carboxylic acids is 1. The van der Waals surface area contributed by atoms with Crippen molar-refractivity contribution < 1.29 is 19.1 Å². The zero-order valence-corrected chi connectivity index (χ0v) is 12.8. The summed E-state index contributed by atoms with van der Waals surface area (Å²) < 4.78 is 13.5. The Morgan fingerprint density at radius 2 is 2.05 bits per heavy atom. The largest absolute Gasteiger partial charge is 0.480 e. The number of amides is 1. The molecular weight excluding hydrogens is 364 g/mol. The quantitative estimate of drug-likeness (QED) is 0.801. The highest BCUT2D eigenvalue weighted by atomic mass is 127. The number of carboxylic acids is 1. The normalized spacial score (nSPS) is 10.6. The van der Waals surface area contributed by atoms with Crippen LogP contribution in [0.25, 0.3) is 0 Å². The van der Waals surface area contributed by atoms with Gasteiger partial charge < -0.3 is 10.0 Å². The van der Waals surface area contributed by atoms with Gasteiger partial charge >= 0.3 is 5.97 Å². The van der Waals surface area contributed by atoms with E-state index < -0.39 is 11.8 Å². The van der Waals surface area contributed by atoms with Gasteiger partial charge in [0.15, 0.2) is 0 Å². The van der Waals surface area contributed by atoms with Crippen molar-refractivity contribution in [3.8, 4) is 0 Å². The van der Waals surface area contributed by atoms with Crippen molar-refractivity contribution in [3.05, 3.63) is 33.1 Å². The number of benzene rings is 1. The van der Waals surface area contributed by atoms with Crippen LogP contribution in [0.1, 0.15) is 24.2 Å². The van der Waals surface area contributed by atoms with Gasteiger partial charge in [-0.25, -0.2) is 4.39 Å². The van der Waals surface area contributed by atoms with Gasteiger partial charge in [-0.15, -0.1) is 0 Å². The first-order valence-electron chi connectivity index (χ1n) is 5.77. The molecule has 0 saturated carbocycles. The SMILES string of the molecule is CC(C)CN(CC(=O)O)C(=O)c1ccc(F)cc1I. The molecule has 0 aliphatic rings. The average Bonchev–Trinajstić information content (AvgIpc) is 2.26. The Hall–Kier alpha value is -1.18. The second-order valence-electron chi connectivity index (χ2n) is 4.60. The fourth-order valence-corrected chi connectivity index (χ4v) is 2.36. The summed E-state index contributed by atoms with van der Waals surface area (Å²) in [6.45, 7) is 3.79. The lowest BCUT2D eigenvalue weighted by Gasteiger charge is -2.23. The maximum absolute atomic E-state index is 13.0. The minimum Gasteiger partial charge on any atom is -0.480 e. The van der Waals surface area contributed by atoms with Crippen LogP contribution in [0, 0.1) is 15.3 Å². The summed E-state index contributed by atoms with van der Waals surface area (Å²) >= 11 is 1.87. The van der Waals surface area contributed by atoms with E-state index in [-0.39, 0.29) is 18.4 Å². The van der Waals surface area contributed by atoms with Gasteiger partial charge in [0, 0.05) is 10.1 Å². The summed E-state index contributed by atoms with van der Waals surface area (Å²) in [6, 6.07) is 3.83. The van der Waals surface area contributed by atoms with E-state index in [9.17, 15) is 14.0 Å². The summed E-state index contributed by atoms with van der Waals surface area (Å²) in [5.74, 6) is -1.72. The zero-order valence-electron chi connectivity index (χ0n) is 10.7. The Bertz CT molecular complexity index is 491. The fourth-order valence-electron chi connectivity index (χ4n) is 1.66. The highest BCUT2D eigenvalue weighted by Gasteiger charge is 2.21. The maximum atomic E-state index is 13.0. The van der Waals surface area contributed by atoms with Crippen LogP contribution in [0.4, 0.5) is 4.39 Å². The summed E-state index contributed by atoms with van der Waals surface area (Å²) in [7, 11) is 0. The first kappa shape index (κ1) is 15.9. The monoisotopic (exact) mass is 379 g/mol. The van der Waals surface area contributed by atoms with Crippen LogP contribution < -0.4 is 0 Å². The molecule has 0 saturated heterocycles. The lowest BCUT2D eigenvalue weighted by atomic mass is 10.1. The smallest absolute Gasteiger partial charge is 0.323 e. The minimum absolute atomic E-state index is 0.154. The van der Waals surface area contributed by atoms with Gasteiger partial charge in [0.05, 0.1) is 5.56 Å². The third-order valence-corrected chi connectivity index (χ3v) is 3.25. The molecular formula is C13H15FINO3. The third-order valence-electron chi connectivity index (χ3n) is 2.36.